The van der Waals surface area contributed by atoms with E-state index in [1.54, 1.807) is 5.56 Å². The predicted molar refractivity (Wildman–Crippen MR) is 119 cm³/mol. The molecule has 4 heteroatoms. The van der Waals surface area contributed by atoms with Gasteiger partial charge in [-0.2, -0.15) is 0 Å². The molecule has 0 saturated carbocycles. The lowest BCUT2D eigenvalue weighted by Gasteiger charge is -2.53. The van der Waals surface area contributed by atoms with Crippen molar-refractivity contribution in [2.45, 2.75) is 67.4 Å². The summed E-state index contributed by atoms with van der Waals surface area (Å²) in [6.45, 7) is 8.67. The molecule has 28 heavy (non-hydrogen) atoms. The van der Waals surface area contributed by atoms with E-state index < -0.39 is 5.60 Å². The molecule has 2 aromatic carbocycles. The lowest BCUT2D eigenvalue weighted by atomic mass is 9.66. The summed E-state index contributed by atoms with van der Waals surface area (Å²) in [4.78, 5) is 5.48. The first-order chi connectivity index (χ1) is 12.9. The van der Waals surface area contributed by atoms with Gasteiger partial charge in [-0.15, -0.1) is 12.4 Å². The van der Waals surface area contributed by atoms with E-state index in [1.165, 1.54) is 20.9 Å². The van der Waals surface area contributed by atoms with Crippen LogP contribution in [0.4, 0.5) is 0 Å². The molecule has 0 radical (unpaired) electrons. The van der Waals surface area contributed by atoms with E-state index in [4.69, 9.17) is 0 Å². The maximum absolute atomic E-state index is 11.4. The second kappa shape index (κ2) is 7.05. The summed E-state index contributed by atoms with van der Waals surface area (Å²) < 4.78 is 0. The highest BCUT2D eigenvalue weighted by Crippen LogP contribution is 2.53. The van der Waals surface area contributed by atoms with Crippen molar-refractivity contribution in [2.75, 3.05) is 13.1 Å². The Labute approximate surface area is 179 Å². The molecular weight excluding hydrogens is 386 g/mol. The van der Waals surface area contributed by atoms with Gasteiger partial charge in [-0.05, 0) is 53.5 Å². The van der Waals surface area contributed by atoms with Crippen LogP contribution in [0.25, 0.3) is 0 Å². The highest BCUT2D eigenvalue weighted by molar-refractivity contribution is 7.99. The van der Waals surface area contributed by atoms with Gasteiger partial charge >= 0.3 is 0 Å². The van der Waals surface area contributed by atoms with Crippen LogP contribution < -0.4 is 0 Å². The van der Waals surface area contributed by atoms with Gasteiger partial charge in [-0.3, -0.25) is 4.90 Å². The summed E-state index contributed by atoms with van der Waals surface area (Å²) >= 11 is 1.93. The van der Waals surface area contributed by atoms with Gasteiger partial charge in [0.2, 0.25) is 0 Å². The number of aliphatic hydroxyl groups is 1. The molecule has 0 bridgehead atoms. The lowest BCUT2D eigenvalue weighted by Crippen LogP contribution is -2.54. The second-order valence-corrected chi connectivity index (χ2v) is 10.7. The normalized spacial score (nSPS) is 29.0. The van der Waals surface area contributed by atoms with Gasteiger partial charge < -0.3 is 5.11 Å². The first kappa shape index (κ1) is 20.3. The highest BCUT2D eigenvalue weighted by atomic mass is 35.5. The Balaban J connectivity index is 0.00000192. The van der Waals surface area contributed by atoms with Crippen molar-refractivity contribution in [1.82, 2.24) is 4.90 Å². The average molecular weight is 416 g/mol. The average Bonchev–Trinajstić information content (AvgIpc) is 2.79. The number of piperidine rings is 1. The molecule has 2 aromatic rings. The number of halogens is 1. The maximum Gasteiger partial charge on any atom is 0.0726 e. The van der Waals surface area contributed by atoms with E-state index in [-0.39, 0.29) is 17.8 Å². The molecule has 3 aliphatic heterocycles. The minimum absolute atomic E-state index is 0. The highest BCUT2D eigenvalue weighted by Gasteiger charge is 2.49. The number of hydrogen-bond donors (Lipinski definition) is 1. The smallest absolute Gasteiger partial charge is 0.0726 e. The Kier molecular flexibility index (Phi) is 5.11. The van der Waals surface area contributed by atoms with E-state index in [2.05, 4.69) is 68.1 Å². The predicted octanol–water partition coefficient (Wildman–Crippen LogP) is 5.83. The van der Waals surface area contributed by atoms with Crippen molar-refractivity contribution < 1.29 is 5.11 Å². The van der Waals surface area contributed by atoms with Gasteiger partial charge in [0.15, 0.2) is 0 Å². The van der Waals surface area contributed by atoms with Gasteiger partial charge in [0.25, 0.3) is 0 Å². The summed E-state index contributed by atoms with van der Waals surface area (Å²) in [5, 5.41) is 11.4. The SMILES string of the molecule is CC(C)(C)C1(O)CCN2CC3Cc4ccccc4Sc4cccc(c43)C2C1.Cl. The molecule has 3 aliphatic rings. The Morgan fingerprint density at radius 3 is 2.61 bits per heavy atom. The van der Waals surface area contributed by atoms with Gasteiger partial charge in [-0.25, -0.2) is 0 Å². The molecule has 3 atom stereocenters. The van der Waals surface area contributed by atoms with Crippen LogP contribution >= 0.6 is 24.2 Å². The molecule has 150 valence electrons. The van der Waals surface area contributed by atoms with Crippen molar-refractivity contribution >= 4 is 24.2 Å². The largest absolute Gasteiger partial charge is 0.389 e. The molecule has 5 rings (SSSR count). The van der Waals surface area contributed by atoms with Crippen LogP contribution in [0.1, 0.15) is 62.3 Å². The fraction of sp³-hybridized carbons (Fsp3) is 0.500. The second-order valence-electron chi connectivity index (χ2n) is 9.62. The Hall–Kier alpha value is -1.00. The fourth-order valence-corrected chi connectivity index (χ4v) is 6.52. The van der Waals surface area contributed by atoms with Crippen LogP contribution in [-0.4, -0.2) is 28.7 Å². The molecule has 1 fully saturated rings. The minimum atomic E-state index is -0.593. The van der Waals surface area contributed by atoms with Crippen molar-refractivity contribution in [2.24, 2.45) is 5.41 Å². The zero-order chi connectivity index (χ0) is 18.8. The molecule has 0 spiro atoms. The van der Waals surface area contributed by atoms with Gasteiger partial charge in [0.05, 0.1) is 5.60 Å². The molecule has 3 heterocycles. The Morgan fingerprint density at radius 2 is 1.82 bits per heavy atom. The van der Waals surface area contributed by atoms with Gasteiger partial charge in [0.1, 0.15) is 0 Å². The van der Waals surface area contributed by atoms with Crippen LogP contribution in [0.15, 0.2) is 52.3 Å². The van der Waals surface area contributed by atoms with E-state index in [0.717, 1.165) is 32.4 Å². The maximum atomic E-state index is 11.4. The van der Waals surface area contributed by atoms with Crippen molar-refractivity contribution in [3.63, 3.8) is 0 Å². The number of rotatable bonds is 0. The summed E-state index contributed by atoms with van der Waals surface area (Å²) in [6.07, 6.45) is 2.84. The van der Waals surface area contributed by atoms with Crippen LogP contribution in [0, 0.1) is 5.41 Å². The van der Waals surface area contributed by atoms with Gasteiger partial charge in [0, 0.05) is 34.8 Å². The van der Waals surface area contributed by atoms with E-state index >= 15 is 0 Å². The van der Waals surface area contributed by atoms with Crippen LogP contribution in [0.5, 0.6) is 0 Å². The molecule has 0 amide bonds. The van der Waals surface area contributed by atoms with Crippen molar-refractivity contribution in [3.05, 3.63) is 59.2 Å². The molecule has 1 saturated heterocycles. The van der Waals surface area contributed by atoms with Crippen molar-refractivity contribution in [1.29, 1.82) is 0 Å². The topological polar surface area (TPSA) is 23.5 Å². The first-order valence-corrected chi connectivity index (χ1v) is 11.0. The minimum Gasteiger partial charge on any atom is -0.389 e. The third-order valence-electron chi connectivity index (χ3n) is 7.16. The molecule has 3 unspecified atom stereocenters. The monoisotopic (exact) mass is 415 g/mol. The third-order valence-corrected chi connectivity index (χ3v) is 8.36. The standard InChI is InChI=1S/C24H29NOS.ClH/c1-23(2,3)24(26)11-12-25-15-17-13-16-7-4-5-9-20(16)27-21-10-6-8-18(22(17)21)19(25)14-24;/h4-10,17,19,26H,11-15H2,1-3H3;1H. The van der Waals surface area contributed by atoms with E-state index in [9.17, 15) is 5.11 Å². The van der Waals surface area contributed by atoms with Crippen LogP contribution in [0.2, 0.25) is 0 Å². The zero-order valence-electron chi connectivity index (χ0n) is 16.9. The molecule has 0 aliphatic carbocycles. The quantitative estimate of drug-likeness (QED) is 0.585. The summed E-state index contributed by atoms with van der Waals surface area (Å²) in [6, 6.07) is 16.1. The fourth-order valence-electron chi connectivity index (χ4n) is 5.32. The molecule has 0 aromatic heterocycles. The van der Waals surface area contributed by atoms with E-state index in [0.29, 0.717) is 12.0 Å². The summed E-state index contributed by atoms with van der Waals surface area (Å²) in [5.74, 6) is 0.560. The molecule has 1 N–H and O–H groups in total. The van der Waals surface area contributed by atoms with Crippen LogP contribution in [0.3, 0.4) is 0 Å². The zero-order valence-corrected chi connectivity index (χ0v) is 18.6. The first-order valence-electron chi connectivity index (χ1n) is 10.2. The molecular formula is C24H30ClNOS. The Morgan fingerprint density at radius 1 is 1.07 bits per heavy atom. The van der Waals surface area contributed by atoms with Crippen molar-refractivity contribution in [3.8, 4) is 0 Å². The third kappa shape index (κ3) is 3.11. The summed E-state index contributed by atoms with van der Waals surface area (Å²) in [5.41, 5.74) is 3.82. The molecule has 2 nitrogen and oxygen atoms in total. The number of nitrogens with zero attached hydrogens (tertiary/aromatic N) is 1. The number of benzene rings is 2. The number of fused-ring (bicyclic) bond motifs is 3. The van der Waals surface area contributed by atoms with Gasteiger partial charge in [-0.1, -0.05) is 62.9 Å². The van der Waals surface area contributed by atoms with Crippen LogP contribution in [-0.2, 0) is 6.42 Å². The summed E-state index contributed by atoms with van der Waals surface area (Å²) in [7, 11) is 0. The van der Waals surface area contributed by atoms with E-state index in [1.807, 2.05) is 11.8 Å². The lowest BCUT2D eigenvalue weighted by molar-refractivity contribution is -0.120. The Bertz CT molecular complexity index is 892. The number of hydrogen-bond acceptors (Lipinski definition) is 3.